The van der Waals surface area contributed by atoms with E-state index in [1.807, 2.05) is 56.5 Å². The van der Waals surface area contributed by atoms with E-state index in [2.05, 4.69) is 0 Å². The van der Waals surface area contributed by atoms with E-state index < -0.39 is 5.60 Å². The molecule has 0 saturated carbocycles. The SMILES string of the molecule is Cc1ccc(C(C)(O)c2ccsc2C)cc1. The molecule has 2 rings (SSSR count). The number of benzene rings is 1. The van der Waals surface area contributed by atoms with Crippen molar-refractivity contribution >= 4 is 11.3 Å². The van der Waals surface area contributed by atoms with Crippen LogP contribution in [0, 0.1) is 13.8 Å². The summed E-state index contributed by atoms with van der Waals surface area (Å²) < 4.78 is 0. The zero-order chi connectivity index (χ0) is 11.8. The summed E-state index contributed by atoms with van der Waals surface area (Å²) >= 11 is 1.67. The van der Waals surface area contributed by atoms with E-state index >= 15 is 0 Å². The molecule has 0 amide bonds. The molecule has 0 saturated heterocycles. The molecule has 0 bridgehead atoms. The second kappa shape index (κ2) is 4.04. The summed E-state index contributed by atoms with van der Waals surface area (Å²) in [6.45, 7) is 5.95. The first-order valence-corrected chi connectivity index (χ1v) is 6.24. The lowest BCUT2D eigenvalue weighted by atomic mass is 9.88. The van der Waals surface area contributed by atoms with Crippen molar-refractivity contribution in [3.63, 3.8) is 0 Å². The predicted molar refractivity (Wildman–Crippen MR) is 68.9 cm³/mol. The highest BCUT2D eigenvalue weighted by Gasteiger charge is 2.27. The first-order chi connectivity index (χ1) is 7.51. The molecule has 0 aliphatic heterocycles. The number of rotatable bonds is 2. The van der Waals surface area contributed by atoms with Crippen molar-refractivity contribution in [3.8, 4) is 0 Å². The molecule has 0 radical (unpaired) electrons. The molecule has 0 aliphatic carbocycles. The number of hydrogen-bond acceptors (Lipinski definition) is 2. The van der Waals surface area contributed by atoms with Gasteiger partial charge in [-0.15, -0.1) is 11.3 Å². The van der Waals surface area contributed by atoms with Gasteiger partial charge in [0.25, 0.3) is 0 Å². The first kappa shape index (κ1) is 11.4. The van der Waals surface area contributed by atoms with Gasteiger partial charge in [-0.1, -0.05) is 29.8 Å². The normalized spacial score (nSPS) is 14.8. The van der Waals surface area contributed by atoms with Gasteiger partial charge in [0.2, 0.25) is 0 Å². The van der Waals surface area contributed by atoms with Crippen molar-refractivity contribution in [2.75, 3.05) is 0 Å². The van der Waals surface area contributed by atoms with Crippen LogP contribution in [0.15, 0.2) is 35.7 Å². The third-order valence-corrected chi connectivity index (χ3v) is 3.84. The lowest BCUT2D eigenvalue weighted by Crippen LogP contribution is -2.22. The van der Waals surface area contributed by atoms with Crippen LogP contribution in [-0.4, -0.2) is 5.11 Å². The molecule has 1 atom stereocenters. The summed E-state index contributed by atoms with van der Waals surface area (Å²) in [4.78, 5) is 1.17. The number of hydrogen-bond donors (Lipinski definition) is 1. The van der Waals surface area contributed by atoms with Gasteiger partial charge in [-0.05, 0) is 37.8 Å². The van der Waals surface area contributed by atoms with Crippen LogP contribution in [0.5, 0.6) is 0 Å². The van der Waals surface area contributed by atoms with Gasteiger partial charge in [0.05, 0.1) is 0 Å². The second-order valence-electron chi connectivity index (χ2n) is 4.33. The molecule has 2 heteroatoms. The smallest absolute Gasteiger partial charge is 0.113 e. The van der Waals surface area contributed by atoms with Crippen molar-refractivity contribution in [2.45, 2.75) is 26.4 Å². The predicted octanol–water partition coefficient (Wildman–Crippen LogP) is 3.62. The Balaban J connectivity index is 2.46. The lowest BCUT2D eigenvalue weighted by molar-refractivity contribution is 0.102. The van der Waals surface area contributed by atoms with Crippen molar-refractivity contribution in [1.29, 1.82) is 0 Å². The molecule has 1 aromatic heterocycles. The van der Waals surface area contributed by atoms with Gasteiger partial charge in [-0.3, -0.25) is 0 Å². The summed E-state index contributed by atoms with van der Waals surface area (Å²) in [6.07, 6.45) is 0. The third kappa shape index (κ3) is 1.91. The summed E-state index contributed by atoms with van der Waals surface area (Å²) in [5, 5.41) is 12.6. The monoisotopic (exact) mass is 232 g/mol. The van der Waals surface area contributed by atoms with E-state index in [0.717, 1.165) is 11.1 Å². The van der Waals surface area contributed by atoms with Crippen LogP contribution >= 0.6 is 11.3 Å². The van der Waals surface area contributed by atoms with Crippen LogP contribution in [0.4, 0.5) is 0 Å². The molecule has 1 N–H and O–H groups in total. The van der Waals surface area contributed by atoms with Crippen molar-refractivity contribution in [3.05, 3.63) is 57.3 Å². The number of aliphatic hydroxyl groups is 1. The summed E-state index contributed by atoms with van der Waals surface area (Å²) in [6, 6.07) is 10.1. The van der Waals surface area contributed by atoms with E-state index in [-0.39, 0.29) is 0 Å². The Hall–Kier alpha value is -1.12. The maximum Gasteiger partial charge on any atom is 0.113 e. The molecule has 1 nitrogen and oxygen atoms in total. The van der Waals surface area contributed by atoms with Gasteiger partial charge >= 0.3 is 0 Å². The summed E-state index contributed by atoms with van der Waals surface area (Å²) in [5.41, 5.74) is 2.26. The van der Waals surface area contributed by atoms with Crippen LogP contribution in [-0.2, 0) is 5.60 Å². The Bertz CT molecular complexity index is 480. The Morgan fingerprint density at radius 1 is 1.06 bits per heavy atom. The van der Waals surface area contributed by atoms with Crippen molar-refractivity contribution in [1.82, 2.24) is 0 Å². The van der Waals surface area contributed by atoms with Crippen LogP contribution in [0.3, 0.4) is 0 Å². The maximum atomic E-state index is 10.6. The zero-order valence-corrected chi connectivity index (χ0v) is 10.6. The average molecular weight is 232 g/mol. The fraction of sp³-hybridized carbons (Fsp3) is 0.286. The number of thiophene rings is 1. The van der Waals surface area contributed by atoms with Crippen molar-refractivity contribution in [2.24, 2.45) is 0 Å². The molecule has 1 aromatic carbocycles. The molecule has 1 unspecified atom stereocenters. The van der Waals surface area contributed by atoms with E-state index in [0.29, 0.717) is 0 Å². The molecule has 16 heavy (non-hydrogen) atoms. The van der Waals surface area contributed by atoms with Gasteiger partial charge in [0, 0.05) is 10.4 Å². The maximum absolute atomic E-state index is 10.6. The van der Waals surface area contributed by atoms with Crippen LogP contribution in [0.25, 0.3) is 0 Å². The lowest BCUT2D eigenvalue weighted by Gasteiger charge is -2.24. The Morgan fingerprint density at radius 2 is 1.69 bits per heavy atom. The molecule has 84 valence electrons. The average Bonchev–Trinajstić information content (AvgIpc) is 2.66. The Labute approximate surface area is 100 Å². The van der Waals surface area contributed by atoms with Crippen LogP contribution in [0.1, 0.15) is 28.5 Å². The highest BCUT2D eigenvalue weighted by atomic mass is 32.1. The molecule has 0 spiro atoms. The van der Waals surface area contributed by atoms with Gasteiger partial charge in [-0.2, -0.15) is 0 Å². The quantitative estimate of drug-likeness (QED) is 0.838. The number of aryl methyl sites for hydroxylation is 2. The minimum absolute atomic E-state index is 0.891. The van der Waals surface area contributed by atoms with E-state index in [9.17, 15) is 5.11 Å². The molecular formula is C14H16OS. The van der Waals surface area contributed by atoms with Gasteiger partial charge in [0.1, 0.15) is 5.60 Å². The van der Waals surface area contributed by atoms with Gasteiger partial charge in [-0.25, -0.2) is 0 Å². The molecule has 0 aliphatic rings. The standard InChI is InChI=1S/C14H16OS/c1-10-4-6-12(7-5-10)14(3,15)13-8-9-16-11(13)2/h4-9,15H,1-3H3. The fourth-order valence-electron chi connectivity index (χ4n) is 1.92. The van der Waals surface area contributed by atoms with E-state index in [1.54, 1.807) is 11.3 Å². The van der Waals surface area contributed by atoms with E-state index in [1.165, 1.54) is 10.4 Å². The second-order valence-corrected chi connectivity index (χ2v) is 5.45. The Morgan fingerprint density at radius 3 is 2.19 bits per heavy atom. The zero-order valence-electron chi connectivity index (χ0n) is 9.82. The minimum Gasteiger partial charge on any atom is -0.381 e. The largest absolute Gasteiger partial charge is 0.381 e. The third-order valence-electron chi connectivity index (χ3n) is 3.00. The van der Waals surface area contributed by atoms with Gasteiger partial charge < -0.3 is 5.11 Å². The van der Waals surface area contributed by atoms with Crippen molar-refractivity contribution < 1.29 is 5.11 Å². The minimum atomic E-state index is -0.891. The van der Waals surface area contributed by atoms with Crippen LogP contribution in [0.2, 0.25) is 0 Å². The first-order valence-electron chi connectivity index (χ1n) is 5.36. The van der Waals surface area contributed by atoms with Crippen LogP contribution < -0.4 is 0 Å². The highest BCUT2D eigenvalue weighted by Crippen LogP contribution is 2.33. The highest BCUT2D eigenvalue weighted by molar-refractivity contribution is 7.10. The summed E-state index contributed by atoms with van der Waals surface area (Å²) in [7, 11) is 0. The summed E-state index contributed by atoms with van der Waals surface area (Å²) in [5.74, 6) is 0. The van der Waals surface area contributed by atoms with Gasteiger partial charge in [0.15, 0.2) is 0 Å². The Kier molecular flexibility index (Phi) is 2.87. The topological polar surface area (TPSA) is 20.2 Å². The molecule has 0 fully saturated rings. The molecule has 2 aromatic rings. The molecular weight excluding hydrogens is 216 g/mol. The fourth-order valence-corrected chi connectivity index (χ4v) is 2.73. The van der Waals surface area contributed by atoms with E-state index in [4.69, 9.17) is 0 Å². The molecule has 1 heterocycles.